The topological polar surface area (TPSA) is 61.4 Å². The van der Waals surface area contributed by atoms with E-state index in [0.29, 0.717) is 18.5 Å². The van der Waals surface area contributed by atoms with Gasteiger partial charge in [0.2, 0.25) is 5.91 Å². The van der Waals surface area contributed by atoms with Crippen LogP contribution in [-0.2, 0) is 4.79 Å². The maximum Gasteiger partial charge on any atom is 0.317 e. The van der Waals surface area contributed by atoms with Crippen LogP contribution in [0.15, 0.2) is 12.2 Å². The molecule has 118 valence electrons. The first kappa shape index (κ1) is 15.9. The highest BCUT2D eigenvalue weighted by atomic mass is 16.2. The monoisotopic (exact) mass is 293 g/mol. The van der Waals surface area contributed by atoms with Crippen molar-refractivity contribution in [2.75, 3.05) is 26.2 Å². The molecule has 21 heavy (non-hydrogen) atoms. The van der Waals surface area contributed by atoms with Gasteiger partial charge in [-0.05, 0) is 43.9 Å². The van der Waals surface area contributed by atoms with Gasteiger partial charge in [0.25, 0.3) is 0 Å². The molecule has 0 aromatic carbocycles. The van der Waals surface area contributed by atoms with Crippen LogP contribution in [0, 0.1) is 5.41 Å². The number of likely N-dealkylation sites (tertiary alicyclic amines) is 1. The summed E-state index contributed by atoms with van der Waals surface area (Å²) >= 11 is 0. The molecule has 1 spiro atoms. The summed E-state index contributed by atoms with van der Waals surface area (Å²) in [6.45, 7) is 4.48. The molecule has 3 amide bonds. The summed E-state index contributed by atoms with van der Waals surface area (Å²) in [6, 6.07) is 0.0476. The summed E-state index contributed by atoms with van der Waals surface area (Å²) in [5.74, 6) is -0.0235. The van der Waals surface area contributed by atoms with Crippen molar-refractivity contribution in [1.29, 1.82) is 0 Å². The molecule has 1 aliphatic heterocycles. The smallest absolute Gasteiger partial charge is 0.317 e. The number of hydrogen-bond donors (Lipinski definition) is 2. The third-order valence-corrected chi connectivity index (χ3v) is 4.51. The lowest BCUT2D eigenvalue weighted by atomic mass is 9.71. The van der Waals surface area contributed by atoms with Crippen LogP contribution in [0.25, 0.3) is 0 Å². The number of carbonyl (C=O) groups excluding carboxylic acids is 2. The Morgan fingerprint density at radius 1 is 1.19 bits per heavy atom. The number of carbonyl (C=O) groups is 2. The van der Waals surface area contributed by atoms with Crippen molar-refractivity contribution in [3.63, 3.8) is 0 Å². The Bertz CT molecular complexity index is 408. The minimum Gasteiger partial charge on any atom is -0.356 e. The van der Waals surface area contributed by atoms with Gasteiger partial charge in [-0.3, -0.25) is 4.79 Å². The van der Waals surface area contributed by atoms with Crippen LogP contribution in [0.1, 0.15) is 45.4 Å². The lowest BCUT2D eigenvalue weighted by Crippen LogP contribution is -2.50. The average molecular weight is 293 g/mol. The number of urea groups is 1. The predicted octanol–water partition coefficient (Wildman–Crippen LogP) is 2.04. The van der Waals surface area contributed by atoms with Gasteiger partial charge in [-0.1, -0.05) is 12.2 Å². The van der Waals surface area contributed by atoms with E-state index in [2.05, 4.69) is 22.8 Å². The second kappa shape index (κ2) is 7.48. The van der Waals surface area contributed by atoms with Gasteiger partial charge in [0, 0.05) is 33.1 Å². The first-order valence-electron chi connectivity index (χ1n) is 8.04. The Balaban J connectivity index is 1.72. The van der Waals surface area contributed by atoms with Gasteiger partial charge in [-0.2, -0.15) is 0 Å². The van der Waals surface area contributed by atoms with Crippen LogP contribution in [0.2, 0.25) is 0 Å². The first-order valence-corrected chi connectivity index (χ1v) is 8.04. The molecular weight excluding hydrogens is 266 g/mol. The summed E-state index contributed by atoms with van der Waals surface area (Å²) < 4.78 is 0. The zero-order chi connectivity index (χ0) is 15.1. The number of amides is 3. The molecule has 5 heteroatoms. The van der Waals surface area contributed by atoms with Crippen molar-refractivity contribution in [1.82, 2.24) is 15.5 Å². The molecule has 0 radical (unpaired) electrons. The summed E-state index contributed by atoms with van der Waals surface area (Å²) in [6.07, 6.45) is 11.1. The number of hydrogen-bond acceptors (Lipinski definition) is 2. The molecule has 0 bridgehead atoms. The van der Waals surface area contributed by atoms with E-state index in [0.717, 1.165) is 38.8 Å². The largest absolute Gasteiger partial charge is 0.356 e. The highest BCUT2D eigenvalue weighted by Crippen LogP contribution is 2.40. The highest BCUT2D eigenvalue weighted by Gasteiger charge is 2.36. The normalized spacial score (nSPS) is 24.9. The van der Waals surface area contributed by atoms with Gasteiger partial charge >= 0.3 is 6.03 Å². The summed E-state index contributed by atoms with van der Waals surface area (Å²) in [5.41, 5.74) is 0.320. The number of nitrogens with one attached hydrogen (secondary N) is 2. The SMILES string of the molecule is CC(=O)NCCCNC(=O)N1CCCC2(CC=CCC2)C1. The standard InChI is InChI=1S/C16H27N3O2/c1-14(20)17-10-6-11-18-15(21)19-12-5-9-16(13-19)7-3-2-4-8-16/h2-3H,4-13H2,1H3,(H,17,20)(H,18,21). The van der Waals surface area contributed by atoms with Crippen LogP contribution < -0.4 is 10.6 Å². The highest BCUT2D eigenvalue weighted by molar-refractivity contribution is 5.74. The molecule has 1 heterocycles. The Morgan fingerprint density at radius 3 is 2.71 bits per heavy atom. The third kappa shape index (κ3) is 4.76. The van der Waals surface area contributed by atoms with E-state index in [1.807, 2.05) is 4.90 Å². The molecule has 0 saturated carbocycles. The summed E-state index contributed by atoms with van der Waals surface area (Å²) in [4.78, 5) is 25.0. The molecule has 2 rings (SSSR count). The van der Waals surface area contributed by atoms with Crippen LogP contribution in [0.5, 0.6) is 0 Å². The lowest BCUT2D eigenvalue weighted by Gasteiger charge is -2.43. The van der Waals surface area contributed by atoms with E-state index < -0.39 is 0 Å². The van der Waals surface area contributed by atoms with Crippen LogP contribution in [0.4, 0.5) is 4.79 Å². The van der Waals surface area contributed by atoms with E-state index in [1.165, 1.54) is 19.8 Å². The maximum absolute atomic E-state index is 12.2. The molecule has 1 saturated heterocycles. The maximum atomic E-state index is 12.2. The van der Waals surface area contributed by atoms with Gasteiger partial charge in [-0.25, -0.2) is 4.79 Å². The minimum atomic E-state index is -0.0235. The summed E-state index contributed by atoms with van der Waals surface area (Å²) in [7, 11) is 0. The molecule has 1 fully saturated rings. The van der Waals surface area contributed by atoms with Crippen molar-refractivity contribution >= 4 is 11.9 Å². The second-order valence-corrected chi connectivity index (χ2v) is 6.31. The lowest BCUT2D eigenvalue weighted by molar-refractivity contribution is -0.118. The Morgan fingerprint density at radius 2 is 2.00 bits per heavy atom. The van der Waals surface area contributed by atoms with Crippen molar-refractivity contribution in [2.45, 2.75) is 45.4 Å². The second-order valence-electron chi connectivity index (χ2n) is 6.31. The molecule has 1 aliphatic carbocycles. The van der Waals surface area contributed by atoms with E-state index in [4.69, 9.17) is 0 Å². The van der Waals surface area contributed by atoms with Gasteiger partial charge in [0.15, 0.2) is 0 Å². The van der Waals surface area contributed by atoms with E-state index in [1.54, 1.807) is 0 Å². The minimum absolute atomic E-state index is 0.0235. The Hall–Kier alpha value is -1.52. The van der Waals surface area contributed by atoms with E-state index in [-0.39, 0.29) is 11.9 Å². The van der Waals surface area contributed by atoms with Crippen LogP contribution >= 0.6 is 0 Å². The van der Waals surface area contributed by atoms with Crippen molar-refractivity contribution < 1.29 is 9.59 Å². The fourth-order valence-electron chi connectivity index (χ4n) is 3.35. The molecule has 2 N–H and O–H groups in total. The zero-order valence-corrected chi connectivity index (χ0v) is 13.0. The molecule has 0 aromatic rings. The van der Waals surface area contributed by atoms with Crippen LogP contribution in [0.3, 0.4) is 0 Å². The molecule has 2 aliphatic rings. The zero-order valence-electron chi connectivity index (χ0n) is 13.0. The van der Waals surface area contributed by atoms with Crippen molar-refractivity contribution in [2.24, 2.45) is 5.41 Å². The molecule has 5 nitrogen and oxygen atoms in total. The Labute approximate surface area is 127 Å². The fourth-order valence-corrected chi connectivity index (χ4v) is 3.35. The number of allylic oxidation sites excluding steroid dienone is 2. The van der Waals surface area contributed by atoms with E-state index >= 15 is 0 Å². The molecular formula is C16H27N3O2. The van der Waals surface area contributed by atoms with Crippen LogP contribution in [-0.4, -0.2) is 43.0 Å². The van der Waals surface area contributed by atoms with Gasteiger partial charge in [0.1, 0.15) is 0 Å². The summed E-state index contributed by atoms with van der Waals surface area (Å²) in [5, 5.41) is 5.70. The van der Waals surface area contributed by atoms with E-state index in [9.17, 15) is 9.59 Å². The first-order chi connectivity index (χ1) is 10.1. The molecule has 1 unspecified atom stereocenters. The molecule has 1 atom stereocenters. The third-order valence-electron chi connectivity index (χ3n) is 4.51. The predicted molar refractivity (Wildman–Crippen MR) is 82.9 cm³/mol. The number of piperidine rings is 1. The quantitative estimate of drug-likeness (QED) is 0.615. The van der Waals surface area contributed by atoms with Crippen molar-refractivity contribution in [3.8, 4) is 0 Å². The average Bonchev–Trinajstić information content (AvgIpc) is 2.47. The molecule has 0 aromatic heterocycles. The Kier molecular flexibility index (Phi) is 5.65. The number of rotatable bonds is 4. The van der Waals surface area contributed by atoms with Gasteiger partial charge in [0.05, 0.1) is 0 Å². The fraction of sp³-hybridized carbons (Fsp3) is 0.750. The number of nitrogens with zero attached hydrogens (tertiary/aromatic N) is 1. The van der Waals surface area contributed by atoms with Crippen molar-refractivity contribution in [3.05, 3.63) is 12.2 Å². The van der Waals surface area contributed by atoms with Gasteiger partial charge < -0.3 is 15.5 Å². The van der Waals surface area contributed by atoms with Gasteiger partial charge in [-0.15, -0.1) is 0 Å².